The topological polar surface area (TPSA) is 168 Å². The van der Waals surface area contributed by atoms with Gasteiger partial charge in [0.15, 0.2) is 17.9 Å². The Bertz CT molecular complexity index is 2260. The third kappa shape index (κ3) is 9.11. The maximum absolute atomic E-state index is 13.2. The van der Waals surface area contributed by atoms with E-state index in [1.807, 2.05) is 60.7 Å². The number of phenols is 1. The number of fused-ring (bicyclic) bond motifs is 5. The first-order chi connectivity index (χ1) is 26.8. The zero-order valence-corrected chi connectivity index (χ0v) is 31.3. The molecule has 2 bridgehead atoms. The van der Waals surface area contributed by atoms with Gasteiger partial charge in [0.25, 0.3) is 5.91 Å². The van der Waals surface area contributed by atoms with E-state index in [0.717, 1.165) is 79.7 Å². The Kier molecular flexibility index (Phi) is 12.9. The van der Waals surface area contributed by atoms with Crippen molar-refractivity contribution in [3.05, 3.63) is 106 Å². The van der Waals surface area contributed by atoms with Gasteiger partial charge in [-0.15, -0.1) is 0 Å². The number of hydrogen-bond donors (Lipinski definition) is 5. The zero-order chi connectivity index (χ0) is 37.9. The average Bonchev–Trinajstić information content (AvgIpc) is 3.51. The van der Waals surface area contributed by atoms with Crippen molar-refractivity contribution in [2.75, 3.05) is 43.4 Å². The van der Waals surface area contributed by atoms with Gasteiger partial charge in [-0.1, -0.05) is 48.5 Å². The standard InChI is InChI=1S/C42H45N5O8.2FH/c48-34-14-12-31(40-39(34)45-38(50)25-53-40)35(49)23-43-22-27-10-13-33-36(21-27)55-42(52)47(33)17-5-4-6-26-9-11-30(28-7-2-1-3-8-28)32(20-26)44-41(51)54-37-24-46-18-15-29(37)16-19-46;;/h1-3,7-14,20-21,29,35,37,43,48-49H,4-6,15-19,22-25H2,(H,44,51)(H,45,50);2*1H/t35-,37-;;/m0../s1. The second-order valence-corrected chi connectivity index (χ2v) is 14.6. The minimum absolute atomic E-state index is 0. The maximum atomic E-state index is 13.2. The average molecular weight is 788 g/mol. The van der Waals surface area contributed by atoms with E-state index in [1.165, 1.54) is 6.07 Å². The number of aromatic hydroxyl groups is 1. The number of aliphatic hydroxyl groups is 1. The van der Waals surface area contributed by atoms with Crippen LogP contribution in [0.4, 0.5) is 25.6 Å². The summed E-state index contributed by atoms with van der Waals surface area (Å²) in [5.74, 6) is -0.258. The van der Waals surface area contributed by atoms with Crippen LogP contribution in [0.3, 0.4) is 0 Å². The minimum Gasteiger partial charge on any atom is -0.506 e. The number of nitrogens with one attached hydrogen (secondary N) is 3. The van der Waals surface area contributed by atoms with Crippen LogP contribution in [0.5, 0.6) is 11.5 Å². The first kappa shape index (κ1) is 40.9. The van der Waals surface area contributed by atoms with Crippen molar-refractivity contribution in [3.8, 4) is 22.6 Å². The molecule has 5 N–H and O–H groups in total. The van der Waals surface area contributed by atoms with Gasteiger partial charge in [0.2, 0.25) is 0 Å². The summed E-state index contributed by atoms with van der Waals surface area (Å²) in [5, 5.41) is 29.8. The van der Waals surface area contributed by atoms with Crippen LogP contribution in [0, 0.1) is 5.92 Å². The normalized spacial score (nSPS) is 18.7. The summed E-state index contributed by atoms with van der Waals surface area (Å²) >= 11 is 0. The molecule has 2 amide bonds. The summed E-state index contributed by atoms with van der Waals surface area (Å²) in [6, 6.07) is 24.7. The van der Waals surface area contributed by atoms with Crippen molar-refractivity contribution < 1.29 is 43.1 Å². The molecule has 2 atom stereocenters. The summed E-state index contributed by atoms with van der Waals surface area (Å²) in [4.78, 5) is 40.1. The van der Waals surface area contributed by atoms with Gasteiger partial charge in [-0.3, -0.25) is 29.0 Å². The number of aryl methyl sites for hydroxylation is 2. The predicted molar refractivity (Wildman–Crippen MR) is 212 cm³/mol. The number of anilines is 2. The third-order valence-electron chi connectivity index (χ3n) is 10.9. The molecule has 4 aromatic carbocycles. The molecule has 5 aromatic rings. The molecule has 4 aliphatic heterocycles. The summed E-state index contributed by atoms with van der Waals surface area (Å²) in [6.45, 7) is 3.83. The Hall–Kier alpha value is -5.77. The molecule has 0 radical (unpaired) electrons. The third-order valence-corrected chi connectivity index (χ3v) is 10.9. The van der Waals surface area contributed by atoms with E-state index in [-0.39, 0.29) is 51.8 Å². The van der Waals surface area contributed by atoms with Gasteiger partial charge in [-0.2, -0.15) is 0 Å². The number of oxazole rings is 1. The highest BCUT2D eigenvalue weighted by atomic mass is 19.0. The molecule has 0 unspecified atom stereocenters. The second kappa shape index (κ2) is 18.0. The Morgan fingerprint density at radius 3 is 2.53 bits per heavy atom. The molecule has 302 valence electrons. The quantitative estimate of drug-likeness (QED) is 0.0696. The number of benzene rings is 4. The Morgan fingerprint density at radius 2 is 1.75 bits per heavy atom. The van der Waals surface area contributed by atoms with E-state index in [0.29, 0.717) is 35.7 Å². The van der Waals surface area contributed by atoms with Crippen molar-refractivity contribution in [2.24, 2.45) is 5.92 Å². The number of piperidine rings is 3. The van der Waals surface area contributed by atoms with Crippen LogP contribution < -0.4 is 26.4 Å². The Balaban J connectivity index is 0.00000275. The van der Waals surface area contributed by atoms with Gasteiger partial charge in [-0.25, -0.2) is 9.59 Å². The number of halogens is 2. The highest BCUT2D eigenvalue weighted by Crippen LogP contribution is 2.41. The number of ether oxygens (including phenoxy) is 2. The first-order valence-electron chi connectivity index (χ1n) is 19.0. The van der Waals surface area contributed by atoms with Crippen molar-refractivity contribution in [1.29, 1.82) is 0 Å². The van der Waals surface area contributed by atoms with Gasteiger partial charge in [-0.05, 0) is 98.1 Å². The molecule has 3 fully saturated rings. The number of amides is 2. The van der Waals surface area contributed by atoms with Gasteiger partial charge in [0.1, 0.15) is 17.5 Å². The second-order valence-electron chi connectivity index (χ2n) is 14.6. The number of aliphatic hydroxyl groups excluding tert-OH is 1. The largest absolute Gasteiger partial charge is 0.506 e. The molecule has 0 saturated carbocycles. The lowest BCUT2D eigenvalue weighted by Crippen LogP contribution is -2.52. The zero-order valence-electron chi connectivity index (χ0n) is 31.3. The van der Waals surface area contributed by atoms with E-state index >= 15 is 0 Å². The van der Waals surface area contributed by atoms with Crippen LogP contribution in [-0.4, -0.2) is 70.6 Å². The molecule has 0 aliphatic carbocycles. The number of aromatic nitrogens is 1. The number of unbranched alkanes of at least 4 members (excludes halogenated alkanes) is 1. The lowest BCUT2D eigenvalue weighted by atomic mass is 9.86. The van der Waals surface area contributed by atoms with Gasteiger partial charge in [0, 0.05) is 37.3 Å². The lowest BCUT2D eigenvalue weighted by Gasteiger charge is -2.43. The molecule has 1 aromatic heterocycles. The van der Waals surface area contributed by atoms with E-state index in [2.05, 4.69) is 26.9 Å². The molecule has 9 rings (SSSR count). The highest BCUT2D eigenvalue weighted by Gasteiger charge is 2.36. The fourth-order valence-electron chi connectivity index (χ4n) is 7.98. The number of rotatable bonds is 13. The maximum Gasteiger partial charge on any atom is 0.419 e. The van der Waals surface area contributed by atoms with Gasteiger partial charge in [0.05, 0.1) is 17.3 Å². The fraction of sp³-hybridized carbons (Fsp3) is 0.357. The minimum atomic E-state index is -0.965. The number of hydrogen-bond acceptors (Lipinski definition) is 10. The van der Waals surface area contributed by atoms with Crippen LogP contribution in [0.1, 0.15) is 48.5 Å². The molecule has 13 nitrogen and oxygen atoms in total. The Labute approximate surface area is 327 Å². The lowest BCUT2D eigenvalue weighted by molar-refractivity contribution is -0.118. The molecule has 0 spiro atoms. The molecule has 15 heteroatoms. The van der Waals surface area contributed by atoms with Crippen molar-refractivity contribution in [1.82, 2.24) is 14.8 Å². The van der Waals surface area contributed by atoms with Crippen molar-refractivity contribution in [2.45, 2.75) is 57.4 Å². The number of carbonyl (C=O) groups excluding carboxylic acids is 2. The molecule has 5 heterocycles. The molecule has 57 heavy (non-hydrogen) atoms. The van der Waals surface area contributed by atoms with Crippen LogP contribution in [-0.2, 0) is 29.0 Å². The molecular formula is C42H47F2N5O8. The first-order valence-corrected chi connectivity index (χ1v) is 19.0. The number of carbonyl (C=O) groups is 2. The molecule has 4 aliphatic rings. The van der Waals surface area contributed by atoms with E-state index in [4.69, 9.17) is 13.9 Å². The monoisotopic (exact) mass is 787 g/mol. The summed E-state index contributed by atoms with van der Waals surface area (Å²) in [7, 11) is 0. The predicted octanol–water partition coefficient (Wildman–Crippen LogP) is 6.09. The van der Waals surface area contributed by atoms with Crippen molar-refractivity contribution in [3.63, 3.8) is 0 Å². The van der Waals surface area contributed by atoms with Crippen LogP contribution in [0.15, 0.2) is 88.1 Å². The molecule has 3 saturated heterocycles. The Morgan fingerprint density at radius 1 is 0.965 bits per heavy atom. The fourth-order valence-corrected chi connectivity index (χ4v) is 7.98. The van der Waals surface area contributed by atoms with Gasteiger partial charge < -0.3 is 34.7 Å². The highest BCUT2D eigenvalue weighted by molar-refractivity contribution is 5.97. The van der Waals surface area contributed by atoms with Crippen molar-refractivity contribution >= 4 is 34.5 Å². The van der Waals surface area contributed by atoms with E-state index < -0.39 is 18.0 Å². The van der Waals surface area contributed by atoms with E-state index in [9.17, 15) is 24.6 Å². The summed E-state index contributed by atoms with van der Waals surface area (Å²) < 4.78 is 18.7. The summed E-state index contributed by atoms with van der Waals surface area (Å²) in [5.41, 5.74) is 6.39. The van der Waals surface area contributed by atoms with Crippen LogP contribution in [0.25, 0.3) is 22.2 Å². The van der Waals surface area contributed by atoms with Gasteiger partial charge >= 0.3 is 11.8 Å². The summed E-state index contributed by atoms with van der Waals surface area (Å²) in [6.07, 6.45) is 3.00. The SMILES string of the molecule is F.F.O=C1COc2c([C@@H](O)CNCc3ccc4c(c3)oc(=O)n4CCCCc3ccc(-c4ccccc4)c(NC(=O)O[C@H]4CN5CCC4CC5)c3)ccc(O)c2N1. The van der Waals surface area contributed by atoms with Crippen LogP contribution >= 0.6 is 0 Å². The number of nitrogens with zero attached hydrogens (tertiary/aromatic N) is 2. The smallest absolute Gasteiger partial charge is 0.419 e. The number of phenolic OH excluding ortho intramolecular Hbond substituents is 1. The molecular weight excluding hydrogens is 740 g/mol. The van der Waals surface area contributed by atoms with E-state index in [1.54, 1.807) is 10.6 Å². The van der Waals surface area contributed by atoms with Crippen LogP contribution in [0.2, 0.25) is 0 Å².